The van der Waals surface area contributed by atoms with E-state index in [1.54, 1.807) is 12.1 Å². The summed E-state index contributed by atoms with van der Waals surface area (Å²) in [6, 6.07) is 15.1. The highest BCUT2D eigenvalue weighted by atomic mass is 35.5. The number of anilines is 1. The highest BCUT2D eigenvalue weighted by Crippen LogP contribution is 2.25. The molecule has 0 spiro atoms. The summed E-state index contributed by atoms with van der Waals surface area (Å²) in [6.07, 6.45) is 0.625. The third kappa shape index (κ3) is 3.59. The smallest absolute Gasteiger partial charge is 0.247 e. The monoisotopic (exact) mass is 333 g/mol. The van der Waals surface area contributed by atoms with Crippen LogP contribution in [0.4, 0.5) is 5.69 Å². The SMILES string of the molecule is Clc1ccc(NCCc2nnc(-c3ccccc3)o2)cc1Cl. The summed E-state index contributed by atoms with van der Waals surface area (Å²) in [7, 11) is 0. The Hall–Kier alpha value is -2.04. The summed E-state index contributed by atoms with van der Waals surface area (Å²) in [6.45, 7) is 0.661. The fourth-order valence-corrected chi connectivity index (χ4v) is 2.27. The van der Waals surface area contributed by atoms with Gasteiger partial charge in [-0.3, -0.25) is 0 Å². The number of aromatic nitrogens is 2. The average molecular weight is 334 g/mol. The maximum atomic E-state index is 5.97. The van der Waals surface area contributed by atoms with Crippen LogP contribution in [-0.2, 0) is 6.42 Å². The Kier molecular flexibility index (Phi) is 4.61. The summed E-state index contributed by atoms with van der Waals surface area (Å²) in [5.74, 6) is 1.12. The number of nitrogens with zero attached hydrogens (tertiary/aromatic N) is 2. The van der Waals surface area contributed by atoms with E-state index in [-0.39, 0.29) is 0 Å². The molecule has 3 aromatic rings. The molecule has 0 saturated carbocycles. The molecule has 0 amide bonds. The molecule has 0 aliphatic heterocycles. The second-order valence-electron chi connectivity index (χ2n) is 4.67. The van der Waals surface area contributed by atoms with E-state index in [0.29, 0.717) is 34.8 Å². The van der Waals surface area contributed by atoms with Gasteiger partial charge in [0.05, 0.1) is 10.0 Å². The Balaban J connectivity index is 1.58. The van der Waals surface area contributed by atoms with Gasteiger partial charge in [0.2, 0.25) is 11.8 Å². The Morgan fingerprint density at radius 1 is 0.955 bits per heavy atom. The molecule has 0 aliphatic rings. The van der Waals surface area contributed by atoms with E-state index in [2.05, 4.69) is 15.5 Å². The highest BCUT2D eigenvalue weighted by Gasteiger charge is 2.07. The van der Waals surface area contributed by atoms with Gasteiger partial charge in [0.15, 0.2) is 0 Å². The molecule has 1 aromatic heterocycles. The van der Waals surface area contributed by atoms with Crippen LogP contribution in [-0.4, -0.2) is 16.7 Å². The first kappa shape index (κ1) is 14.9. The zero-order valence-electron chi connectivity index (χ0n) is 11.6. The maximum Gasteiger partial charge on any atom is 0.247 e. The van der Waals surface area contributed by atoms with E-state index in [9.17, 15) is 0 Å². The summed E-state index contributed by atoms with van der Waals surface area (Å²) >= 11 is 11.8. The van der Waals surface area contributed by atoms with Gasteiger partial charge in [-0.2, -0.15) is 0 Å². The van der Waals surface area contributed by atoms with Crippen molar-refractivity contribution in [3.8, 4) is 11.5 Å². The largest absolute Gasteiger partial charge is 0.421 e. The molecule has 0 bridgehead atoms. The van der Waals surface area contributed by atoms with E-state index < -0.39 is 0 Å². The lowest BCUT2D eigenvalue weighted by atomic mass is 10.2. The highest BCUT2D eigenvalue weighted by molar-refractivity contribution is 6.42. The first-order valence-electron chi connectivity index (χ1n) is 6.79. The van der Waals surface area contributed by atoms with Gasteiger partial charge in [-0.15, -0.1) is 10.2 Å². The van der Waals surface area contributed by atoms with Gasteiger partial charge in [-0.05, 0) is 30.3 Å². The molecule has 6 heteroatoms. The summed E-state index contributed by atoms with van der Waals surface area (Å²) in [5.41, 5.74) is 1.82. The summed E-state index contributed by atoms with van der Waals surface area (Å²) < 4.78 is 5.64. The van der Waals surface area contributed by atoms with Crippen LogP contribution in [0.1, 0.15) is 5.89 Å². The van der Waals surface area contributed by atoms with Crippen molar-refractivity contribution in [3.63, 3.8) is 0 Å². The maximum absolute atomic E-state index is 5.97. The topological polar surface area (TPSA) is 51.0 Å². The van der Waals surface area contributed by atoms with E-state index in [4.69, 9.17) is 27.6 Å². The molecule has 3 rings (SSSR count). The first-order valence-corrected chi connectivity index (χ1v) is 7.55. The third-order valence-corrected chi connectivity index (χ3v) is 3.81. The van der Waals surface area contributed by atoms with E-state index in [0.717, 1.165) is 11.3 Å². The van der Waals surface area contributed by atoms with Crippen LogP contribution in [0.25, 0.3) is 11.5 Å². The number of benzene rings is 2. The Labute approximate surface area is 138 Å². The minimum atomic E-state index is 0.524. The van der Waals surface area contributed by atoms with Gasteiger partial charge in [-0.1, -0.05) is 41.4 Å². The average Bonchev–Trinajstić information content (AvgIpc) is 3.01. The number of rotatable bonds is 5. The lowest BCUT2D eigenvalue weighted by molar-refractivity contribution is 0.509. The molecule has 0 saturated heterocycles. The predicted molar refractivity (Wildman–Crippen MR) is 88.4 cm³/mol. The predicted octanol–water partition coefficient (Wildman–Crippen LogP) is 4.70. The van der Waals surface area contributed by atoms with Crippen LogP contribution in [0.3, 0.4) is 0 Å². The van der Waals surface area contributed by atoms with Gasteiger partial charge in [-0.25, -0.2) is 0 Å². The zero-order valence-corrected chi connectivity index (χ0v) is 13.1. The van der Waals surface area contributed by atoms with Gasteiger partial charge in [0, 0.05) is 24.2 Å². The van der Waals surface area contributed by atoms with E-state index >= 15 is 0 Å². The number of halogens is 2. The molecule has 0 fully saturated rings. The van der Waals surface area contributed by atoms with Crippen molar-refractivity contribution in [1.82, 2.24) is 10.2 Å². The van der Waals surface area contributed by atoms with Crippen LogP contribution in [0.5, 0.6) is 0 Å². The van der Waals surface area contributed by atoms with E-state index in [1.165, 1.54) is 0 Å². The zero-order chi connectivity index (χ0) is 15.4. The molecular weight excluding hydrogens is 321 g/mol. The van der Waals surface area contributed by atoms with Crippen LogP contribution < -0.4 is 5.32 Å². The van der Waals surface area contributed by atoms with Gasteiger partial charge in [0.1, 0.15) is 0 Å². The van der Waals surface area contributed by atoms with Crippen molar-refractivity contribution in [1.29, 1.82) is 0 Å². The summed E-state index contributed by atoms with van der Waals surface area (Å²) in [4.78, 5) is 0. The van der Waals surface area contributed by atoms with Gasteiger partial charge < -0.3 is 9.73 Å². The molecular formula is C16H13Cl2N3O. The molecule has 0 unspecified atom stereocenters. The second kappa shape index (κ2) is 6.81. The normalized spacial score (nSPS) is 10.6. The summed E-state index contributed by atoms with van der Waals surface area (Å²) in [5, 5.41) is 12.4. The molecule has 22 heavy (non-hydrogen) atoms. The molecule has 4 nitrogen and oxygen atoms in total. The quantitative estimate of drug-likeness (QED) is 0.735. The fourth-order valence-electron chi connectivity index (χ4n) is 1.97. The van der Waals surface area contributed by atoms with Gasteiger partial charge >= 0.3 is 0 Å². The lowest BCUT2D eigenvalue weighted by Crippen LogP contribution is -2.05. The molecule has 0 aliphatic carbocycles. The lowest BCUT2D eigenvalue weighted by Gasteiger charge is -2.05. The standard InChI is InChI=1S/C16H13Cl2N3O/c17-13-7-6-12(10-14(13)18)19-9-8-15-20-21-16(22-15)11-4-2-1-3-5-11/h1-7,10,19H,8-9H2. The van der Waals surface area contributed by atoms with Crippen molar-refractivity contribution >= 4 is 28.9 Å². The Bertz CT molecular complexity index is 759. The molecule has 0 atom stereocenters. The minimum absolute atomic E-state index is 0.524. The Morgan fingerprint density at radius 2 is 1.77 bits per heavy atom. The van der Waals surface area contributed by atoms with Crippen molar-refractivity contribution in [2.45, 2.75) is 6.42 Å². The third-order valence-electron chi connectivity index (χ3n) is 3.08. The molecule has 0 radical (unpaired) electrons. The fraction of sp³-hybridized carbons (Fsp3) is 0.125. The second-order valence-corrected chi connectivity index (χ2v) is 5.49. The van der Waals surface area contributed by atoms with Crippen molar-refractivity contribution in [3.05, 3.63) is 64.5 Å². The minimum Gasteiger partial charge on any atom is -0.421 e. The van der Waals surface area contributed by atoms with Gasteiger partial charge in [0.25, 0.3) is 0 Å². The van der Waals surface area contributed by atoms with Crippen LogP contribution in [0, 0.1) is 0 Å². The first-order chi connectivity index (χ1) is 10.7. The molecule has 1 N–H and O–H groups in total. The van der Waals surface area contributed by atoms with Crippen LogP contribution in [0.15, 0.2) is 52.9 Å². The van der Waals surface area contributed by atoms with E-state index in [1.807, 2.05) is 36.4 Å². The molecule has 112 valence electrons. The number of hydrogen-bond donors (Lipinski definition) is 1. The molecule has 2 aromatic carbocycles. The molecule has 1 heterocycles. The number of hydrogen-bond acceptors (Lipinski definition) is 4. The number of nitrogens with one attached hydrogen (secondary N) is 1. The Morgan fingerprint density at radius 3 is 2.55 bits per heavy atom. The van der Waals surface area contributed by atoms with Crippen molar-refractivity contribution in [2.24, 2.45) is 0 Å². The van der Waals surface area contributed by atoms with Crippen LogP contribution >= 0.6 is 23.2 Å². The van der Waals surface area contributed by atoms with Crippen molar-refractivity contribution in [2.75, 3.05) is 11.9 Å². The van der Waals surface area contributed by atoms with Crippen LogP contribution in [0.2, 0.25) is 10.0 Å². The van der Waals surface area contributed by atoms with Crippen molar-refractivity contribution < 1.29 is 4.42 Å².